The molecule has 0 saturated carbocycles. The van der Waals surface area contributed by atoms with E-state index in [4.69, 9.17) is 22.4 Å². The fourth-order valence-electron chi connectivity index (χ4n) is 0.113. The van der Waals surface area contributed by atoms with Crippen molar-refractivity contribution in [1.82, 2.24) is 0 Å². The van der Waals surface area contributed by atoms with Gasteiger partial charge in [-0.2, -0.15) is 8.78 Å². The van der Waals surface area contributed by atoms with Crippen LogP contribution in [0.5, 0.6) is 0 Å². The summed E-state index contributed by atoms with van der Waals surface area (Å²) in [7, 11) is 23.8. The quantitative estimate of drug-likeness (QED) is 0.305. The van der Waals surface area contributed by atoms with E-state index >= 15 is 0 Å². The number of methoxy groups -OCH3 is 3. The Hall–Kier alpha value is 2.26. The van der Waals surface area contributed by atoms with Gasteiger partial charge < -0.3 is 14.2 Å². The minimum atomic E-state index is -2.96. The van der Waals surface area contributed by atoms with Gasteiger partial charge in [0.1, 0.15) is 0 Å². The normalized spacial score (nSPS) is 7.74. The van der Waals surface area contributed by atoms with Crippen molar-refractivity contribution < 1.29 is 27.8 Å². The van der Waals surface area contributed by atoms with Crippen LogP contribution < -0.4 is 0 Å². The molecule has 0 fully saturated rings. The molecule has 21 heteroatoms. The molecule has 0 rings (SSSR count). The van der Waals surface area contributed by atoms with Gasteiger partial charge in [-0.1, -0.05) is 7.43 Å². The number of halogens is 2. The van der Waals surface area contributed by atoms with Gasteiger partial charge in [0, 0.05) is 157 Å². The molecule has 0 amide bonds. The molecule has 0 unspecified atom stereocenters. The molecule has 0 aromatic heterocycles. The Balaban J connectivity index is -0.000000110. The van der Waals surface area contributed by atoms with Gasteiger partial charge in [-0.05, 0) is 12.2 Å². The van der Waals surface area contributed by atoms with Crippen molar-refractivity contribution in [1.29, 1.82) is 0 Å². The van der Waals surface area contributed by atoms with Crippen molar-refractivity contribution in [2.45, 2.75) is 34.3 Å². The molecule has 0 radical (unpaired) electrons. The molecule has 0 saturated heterocycles. The van der Waals surface area contributed by atoms with Gasteiger partial charge >= 0.3 is 12.1 Å². The number of hydrogen-bond acceptors (Lipinski definition) is 7. The third kappa shape index (κ3) is 72.0. The monoisotopic (exact) mass is 724 g/mol. The van der Waals surface area contributed by atoms with Crippen LogP contribution in [0.2, 0.25) is 0 Å². The van der Waals surface area contributed by atoms with Crippen LogP contribution in [0.15, 0.2) is 0 Å². The molecule has 0 heterocycles. The van der Waals surface area contributed by atoms with Crippen molar-refractivity contribution in [2.75, 3.05) is 21.3 Å². The van der Waals surface area contributed by atoms with E-state index in [1.165, 1.54) is 31.8 Å². The van der Waals surface area contributed by atoms with Gasteiger partial charge in [0.05, 0.1) is 14.2 Å². The first-order valence-corrected chi connectivity index (χ1v) is 24.0. The number of carbonyl (C=O) groups is 1. The molecular formula is C10H22F2O4S15. The lowest BCUT2D eigenvalue weighted by Crippen LogP contribution is -2.10. The highest BCUT2D eigenvalue weighted by Gasteiger charge is 2.17. The maximum absolute atomic E-state index is 11.2. The summed E-state index contributed by atoms with van der Waals surface area (Å²) in [6.07, 6.45) is -2.96. The van der Waals surface area contributed by atoms with E-state index < -0.39 is 6.11 Å². The molecule has 0 aliphatic carbocycles. The maximum Gasteiger partial charge on any atom is 0.352 e. The Morgan fingerprint density at radius 1 is 0.742 bits per heavy atom. The number of thiocarbonyl (C=S) groups is 1. The van der Waals surface area contributed by atoms with E-state index in [0.29, 0.717) is 12.0 Å². The Labute approximate surface area is 232 Å². The van der Waals surface area contributed by atoms with E-state index in [-0.39, 0.29) is 13.4 Å². The fraction of sp³-hybridized carbons (Fsp3) is 0.800. The third-order valence-corrected chi connectivity index (χ3v) is 25.9. The highest BCUT2D eigenvalue weighted by atomic mass is 33.5. The summed E-state index contributed by atoms with van der Waals surface area (Å²) in [5, 5.41) is 0.588. The van der Waals surface area contributed by atoms with Crippen LogP contribution in [0.4, 0.5) is 8.78 Å². The first kappa shape index (κ1) is 43.3. The zero-order valence-electron chi connectivity index (χ0n) is 16.0. The molecule has 0 atom stereocenters. The molecule has 190 valence electrons. The average Bonchev–Trinajstić information content (AvgIpc) is 2.70. The second kappa shape index (κ2) is 36.8. The number of rotatable bonds is 1. The van der Waals surface area contributed by atoms with Crippen LogP contribution in [0.3, 0.4) is 0 Å². The lowest BCUT2D eigenvalue weighted by Gasteiger charge is -2.03. The van der Waals surface area contributed by atoms with E-state index in [9.17, 15) is 13.6 Å². The first-order valence-electron chi connectivity index (χ1n) is 6.29. The van der Waals surface area contributed by atoms with E-state index in [1.807, 2.05) is 0 Å². The Kier molecular flexibility index (Phi) is 51.5. The lowest BCUT2D eigenvalue weighted by atomic mass is 10.8. The number of esters is 1. The smallest absolute Gasteiger partial charge is 0.352 e. The molecule has 31 heavy (non-hydrogen) atoms. The summed E-state index contributed by atoms with van der Waals surface area (Å²) in [4.78, 5) is 9.59. The van der Waals surface area contributed by atoms with Crippen LogP contribution in [0.25, 0.3) is 0 Å². The summed E-state index contributed by atoms with van der Waals surface area (Å²) in [6.45, 7) is 3.78. The first-order chi connectivity index (χ1) is 14.0. The van der Waals surface area contributed by atoms with Crippen molar-refractivity contribution in [3.05, 3.63) is 0 Å². The van der Waals surface area contributed by atoms with E-state index in [0.717, 1.165) is 7.11 Å². The molecule has 0 bridgehead atoms. The van der Waals surface area contributed by atoms with Gasteiger partial charge in [0.15, 0.2) is 5.05 Å². The van der Waals surface area contributed by atoms with E-state index in [2.05, 4.69) is 26.4 Å². The summed E-state index contributed by atoms with van der Waals surface area (Å²) >= 11 is 13.9. The van der Waals surface area contributed by atoms with Gasteiger partial charge in [0.25, 0.3) is 0 Å². The Bertz CT molecular complexity index is 907. The third-order valence-electron chi connectivity index (χ3n) is 1.24. The summed E-state index contributed by atoms with van der Waals surface area (Å²) < 4.78 is 34.7. The van der Waals surface area contributed by atoms with Gasteiger partial charge in [0.2, 0.25) is 0 Å². The Morgan fingerprint density at radius 2 is 0.935 bits per heavy atom. The Morgan fingerprint density at radius 3 is 1.03 bits per heavy atom. The van der Waals surface area contributed by atoms with Crippen LogP contribution in [-0.4, -0.2) is 38.5 Å². The highest BCUT2D eigenvalue weighted by molar-refractivity contribution is 8.76. The average molecular weight is 725 g/mol. The molecule has 0 N–H and O–H groups in total. The number of carbonyl (C=O) groups excluding carboxylic acids is 1. The van der Waals surface area contributed by atoms with Gasteiger partial charge in [-0.25, -0.2) is 0 Å². The predicted octanol–water partition coefficient (Wildman–Crippen LogP) is 3.01. The predicted molar refractivity (Wildman–Crippen MR) is 170 cm³/mol. The molecule has 0 aromatic rings. The summed E-state index contributed by atoms with van der Waals surface area (Å²) in [5.74, 6) is -0.245. The summed E-state index contributed by atoms with van der Waals surface area (Å²) in [5.41, 5.74) is 0. The number of hydrogen-bond donors (Lipinski definition) is 0. The molecule has 0 spiro atoms. The summed E-state index contributed by atoms with van der Waals surface area (Å²) in [6, 6.07) is 0. The van der Waals surface area contributed by atoms with Crippen LogP contribution in [0, 0.1) is 0 Å². The van der Waals surface area contributed by atoms with Crippen molar-refractivity contribution >= 4 is 152 Å². The lowest BCUT2D eigenvalue weighted by molar-refractivity contribution is -0.205. The molecular weight excluding hydrogens is 703 g/mol. The van der Waals surface area contributed by atoms with Crippen LogP contribution in [0.1, 0.15) is 28.2 Å². The second-order valence-electron chi connectivity index (χ2n) is 3.22. The van der Waals surface area contributed by atoms with Gasteiger partial charge in [-0.15, -0.1) is 0 Å². The van der Waals surface area contributed by atoms with Crippen molar-refractivity contribution in [2.24, 2.45) is 0 Å². The number of alkyl halides is 2. The molecule has 4 nitrogen and oxygen atoms in total. The van der Waals surface area contributed by atoms with Gasteiger partial charge in [-0.3, -0.25) is 4.79 Å². The van der Waals surface area contributed by atoms with Crippen LogP contribution in [-0.2, 0) is 148 Å². The fourth-order valence-corrected chi connectivity index (χ4v) is 27.6. The van der Waals surface area contributed by atoms with Crippen LogP contribution >= 0.6 is 12.2 Å². The standard InChI is InChI=1S/C3H6F2O.C3H6O2.C3H6OS.CH4.S14/c1-3(4,5)6-2;1-3(4)5-2;1-3(5)4-2;;1-3-5-7-9-11-13-14-12-10-8-6-4-2/h1-2H3;2*1-2H3;1H4;. The highest BCUT2D eigenvalue weighted by Crippen LogP contribution is 2.09. The van der Waals surface area contributed by atoms with Crippen molar-refractivity contribution in [3.8, 4) is 0 Å². The largest absolute Gasteiger partial charge is 0.491 e. The zero-order valence-corrected chi connectivity index (χ0v) is 28.3. The van der Waals surface area contributed by atoms with Crippen molar-refractivity contribution in [3.63, 3.8) is 0 Å². The number of ether oxygens (including phenoxy) is 3. The minimum absolute atomic E-state index is 0. The molecule has 0 aromatic carbocycles. The van der Waals surface area contributed by atoms with E-state index in [1.54, 1.807) is 103 Å². The molecule has 0 aliphatic heterocycles. The topological polar surface area (TPSA) is 44.8 Å². The zero-order chi connectivity index (χ0) is 24.3. The second-order valence-corrected chi connectivity index (χ2v) is 25.0. The molecule has 0 aliphatic rings. The maximum atomic E-state index is 11.2. The SMILES string of the molecule is C.COC(C)(F)F.COC(C)=O.COC(C)=S.S=S=S=S=S=S=S=S=S=S=S=S=S=S. The minimum Gasteiger partial charge on any atom is -0.491 e.